The van der Waals surface area contributed by atoms with Gasteiger partial charge in [0.15, 0.2) is 5.82 Å². The predicted molar refractivity (Wildman–Crippen MR) is 118 cm³/mol. The molecular formula is C22H23N7O4. The number of non-ortho nitro benzene ring substituents is 1. The molecule has 1 saturated heterocycles. The molecule has 1 fully saturated rings. The fourth-order valence-corrected chi connectivity index (χ4v) is 4.03. The highest BCUT2D eigenvalue weighted by molar-refractivity contribution is 5.90. The molecule has 1 amide bonds. The Bertz CT molecular complexity index is 1140. The van der Waals surface area contributed by atoms with Gasteiger partial charge in [-0.05, 0) is 59.1 Å². The molecule has 1 aromatic heterocycles. The number of hydroxylamine groups is 1. The maximum absolute atomic E-state index is 11.1. The number of hydrogen-bond donors (Lipinski definition) is 2. The van der Waals surface area contributed by atoms with Crippen LogP contribution in [0.25, 0.3) is 11.8 Å². The van der Waals surface area contributed by atoms with Crippen LogP contribution in [-0.2, 0) is 11.2 Å². The van der Waals surface area contributed by atoms with Crippen molar-refractivity contribution in [2.24, 2.45) is 0 Å². The van der Waals surface area contributed by atoms with Gasteiger partial charge in [-0.15, -0.1) is 5.10 Å². The Morgan fingerprint density at radius 2 is 1.97 bits per heavy atom. The average Bonchev–Trinajstić information content (AvgIpc) is 3.51. The van der Waals surface area contributed by atoms with Gasteiger partial charge < -0.3 is 0 Å². The SMILES string of the molecule is O=C(/C=C/c1ccc([C@@H]2CCCN2CCc2nnnn2-c2ccc([N+](=O)[O-])cc2)cc1)NO. The van der Waals surface area contributed by atoms with E-state index in [9.17, 15) is 14.9 Å². The number of amides is 1. The zero-order valence-electron chi connectivity index (χ0n) is 17.7. The maximum atomic E-state index is 11.1. The summed E-state index contributed by atoms with van der Waals surface area (Å²) < 4.78 is 1.61. The number of aromatic nitrogens is 4. The zero-order chi connectivity index (χ0) is 23.2. The maximum Gasteiger partial charge on any atom is 0.269 e. The van der Waals surface area contributed by atoms with Crippen molar-refractivity contribution in [3.05, 3.63) is 81.7 Å². The van der Waals surface area contributed by atoms with E-state index in [1.807, 2.05) is 12.1 Å². The minimum Gasteiger partial charge on any atom is -0.296 e. The van der Waals surface area contributed by atoms with Crippen LogP contribution in [-0.4, -0.2) is 54.2 Å². The average molecular weight is 449 g/mol. The second-order valence-corrected chi connectivity index (χ2v) is 7.70. The van der Waals surface area contributed by atoms with Crippen LogP contribution in [0.15, 0.2) is 54.6 Å². The number of nitro benzene ring substituents is 1. The lowest BCUT2D eigenvalue weighted by molar-refractivity contribution is -0.384. The lowest BCUT2D eigenvalue weighted by atomic mass is 10.0. The first kappa shape index (κ1) is 22.2. The van der Waals surface area contributed by atoms with Crippen molar-refractivity contribution in [3.8, 4) is 5.69 Å². The number of carbonyl (C=O) groups is 1. The van der Waals surface area contributed by atoms with Gasteiger partial charge in [0.1, 0.15) is 0 Å². The summed E-state index contributed by atoms with van der Waals surface area (Å²) in [5, 5.41) is 31.4. The van der Waals surface area contributed by atoms with E-state index in [2.05, 4.69) is 32.6 Å². The largest absolute Gasteiger partial charge is 0.296 e. The van der Waals surface area contributed by atoms with Crippen molar-refractivity contribution in [1.82, 2.24) is 30.6 Å². The first-order valence-electron chi connectivity index (χ1n) is 10.5. The summed E-state index contributed by atoms with van der Waals surface area (Å²) in [7, 11) is 0. The Labute approximate surface area is 189 Å². The van der Waals surface area contributed by atoms with Gasteiger partial charge in [0, 0.05) is 37.2 Å². The quantitative estimate of drug-likeness (QED) is 0.231. The van der Waals surface area contributed by atoms with Gasteiger partial charge in [0.05, 0.1) is 10.6 Å². The van der Waals surface area contributed by atoms with Crippen LogP contribution in [0.1, 0.15) is 35.8 Å². The van der Waals surface area contributed by atoms with E-state index < -0.39 is 10.8 Å². The second-order valence-electron chi connectivity index (χ2n) is 7.70. The molecule has 0 bridgehead atoms. The summed E-state index contributed by atoms with van der Waals surface area (Å²) in [5.74, 6) is 0.120. The minimum atomic E-state index is -0.572. The van der Waals surface area contributed by atoms with Crippen molar-refractivity contribution in [2.45, 2.75) is 25.3 Å². The van der Waals surface area contributed by atoms with Gasteiger partial charge in [-0.2, -0.15) is 4.68 Å². The number of carbonyl (C=O) groups excluding carboxylic acids is 1. The number of tetrazole rings is 1. The molecule has 0 spiro atoms. The number of nitro groups is 1. The highest BCUT2D eigenvalue weighted by atomic mass is 16.6. The van der Waals surface area contributed by atoms with Gasteiger partial charge in [0.25, 0.3) is 11.6 Å². The summed E-state index contributed by atoms with van der Waals surface area (Å²) in [6.45, 7) is 1.75. The number of benzene rings is 2. The molecule has 4 rings (SSSR count). The highest BCUT2D eigenvalue weighted by Gasteiger charge is 2.26. The van der Waals surface area contributed by atoms with Gasteiger partial charge >= 0.3 is 0 Å². The smallest absolute Gasteiger partial charge is 0.269 e. The summed E-state index contributed by atoms with van der Waals surface area (Å²) in [5.41, 5.74) is 4.34. The van der Waals surface area contributed by atoms with Crippen molar-refractivity contribution in [1.29, 1.82) is 0 Å². The van der Waals surface area contributed by atoms with E-state index in [1.54, 1.807) is 28.4 Å². The molecule has 0 radical (unpaired) electrons. The fourth-order valence-electron chi connectivity index (χ4n) is 4.03. The third-order valence-electron chi connectivity index (χ3n) is 5.68. The highest BCUT2D eigenvalue weighted by Crippen LogP contribution is 2.32. The molecule has 11 heteroatoms. The molecule has 3 aromatic rings. The van der Waals surface area contributed by atoms with Crippen LogP contribution in [0.2, 0.25) is 0 Å². The molecule has 0 aliphatic carbocycles. The molecule has 33 heavy (non-hydrogen) atoms. The molecule has 170 valence electrons. The summed E-state index contributed by atoms with van der Waals surface area (Å²) in [6, 6.07) is 14.4. The van der Waals surface area contributed by atoms with Crippen LogP contribution < -0.4 is 5.48 Å². The van der Waals surface area contributed by atoms with Gasteiger partial charge in [-0.25, -0.2) is 5.48 Å². The molecule has 1 atom stereocenters. The second kappa shape index (κ2) is 10.1. The molecule has 11 nitrogen and oxygen atoms in total. The Kier molecular flexibility index (Phi) is 6.81. The van der Waals surface area contributed by atoms with Crippen molar-refractivity contribution >= 4 is 17.7 Å². The summed E-state index contributed by atoms with van der Waals surface area (Å²) in [6.07, 6.45) is 5.69. The van der Waals surface area contributed by atoms with Gasteiger partial charge in [-0.1, -0.05) is 24.3 Å². The van der Waals surface area contributed by atoms with Crippen molar-refractivity contribution in [2.75, 3.05) is 13.1 Å². The number of rotatable bonds is 8. The van der Waals surface area contributed by atoms with E-state index in [0.717, 1.165) is 31.5 Å². The van der Waals surface area contributed by atoms with Gasteiger partial charge in [0.2, 0.25) is 0 Å². The topological polar surface area (TPSA) is 139 Å². The van der Waals surface area contributed by atoms with E-state index >= 15 is 0 Å². The number of nitrogens with zero attached hydrogens (tertiary/aromatic N) is 6. The van der Waals surface area contributed by atoms with Crippen LogP contribution >= 0.6 is 0 Å². The Morgan fingerprint density at radius 1 is 1.21 bits per heavy atom. The van der Waals surface area contributed by atoms with E-state index in [-0.39, 0.29) is 11.7 Å². The monoisotopic (exact) mass is 449 g/mol. The van der Waals surface area contributed by atoms with Crippen molar-refractivity contribution < 1.29 is 14.9 Å². The first-order chi connectivity index (χ1) is 16.0. The molecule has 2 aromatic carbocycles. The molecule has 0 saturated carbocycles. The zero-order valence-corrected chi connectivity index (χ0v) is 17.7. The van der Waals surface area contributed by atoms with Gasteiger partial charge in [-0.3, -0.25) is 25.0 Å². The molecule has 0 unspecified atom stereocenters. The van der Waals surface area contributed by atoms with Crippen LogP contribution in [0.4, 0.5) is 5.69 Å². The lowest BCUT2D eigenvalue weighted by Crippen LogP contribution is -2.26. The summed E-state index contributed by atoms with van der Waals surface area (Å²) in [4.78, 5) is 24.0. The van der Waals surface area contributed by atoms with Crippen LogP contribution in [0.3, 0.4) is 0 Å². The molecular weight excluding hydrogens is 426 g/mol. The van der Waals surface area contributed by atoms with Crippen LogP contribution in [0.5, 0.6) is 0 Å². The molecule has 2 N–H and O–H groups in total. The number of nitrogens with one attached hydrogen (secondary N) is 1. The fraction of sp³-hybridized carbons (Fsp3) is 0.273. The first-order valence-corrected chi connectivity index (χ1v) is 10.5. The summed E-state index contributed by atoms with van der Waals surface area (Å²) >= 11 is 0. The standard InChI is InChI=1S/C22H23N7O4/c30-22(24-31)12-5-16-3-6-17(7-4-16)20-2-1-14-27(20)15-13-21-23-25-26-28(21)18-8-10-19(11-9-18)29(32)33/h3-12,20,31H,1-2,13-15H2,(H,24,30)/b12-5+/t20-/m0/s1. The third kappa shape index (κ3) is 5.27. The molecule has 1 aliphatic rings. The lowest BCUT2D eigenvalue weighted by Gasteiger charge is -2.24. The van der Waals surface area contributed by atoms with E-state index in [0.29, 0.717) is 17.9 Å². The minimum absolute atomic E-state index is 0.0199. The normalized spacial score (nSPS) is 16.3. The molecule has 2 heterocycles. The number of hydrogen-bond acceptors (Lipinski definition) is 8. The Balaban J connectivity index is 1.41. The van der Waals surface area contributed by atoms with E-state index in [4.69, 9.17) is 5.21 Å². The van der Waals surface area contributed by atoms with Crippen molar-refractivity contribution in [3.63, 3.8) is 0 Å². The Morgan fingerprint density at radius 3 is 2.67 bits per heavy atom. The van der Waals surface area contributed by atoms with E-state index in [1.165, 1.54) is 23.8 Å². The third-order valence-corrected chi connectivity index (χ3v) is 5.68. The van der Waals surface area contributed by atoms with Crippen LogP contribution in [0, 0.1) is 10.1 Å². The predicted octanol–water partition coefficient (Wildman–Crippen LogP) is 2.47. The Hall–Kier alpha value is -3.96. The molecule has 1 aliphatic heterocycles. The number of likely N-dealkylation sites (tertiary alicyclic amines) is 1.